The van der Waals surface area contributed by atoms with E-state index in [1.807, 2.05) is 36.4 Å². The Morgan fingerprint density at radius 2 is 1.58 bits per heavy atom. The second-order valence-electron chi connectivity index (χ2n) is 11.7. The topological polar surface area (TPSA) is 9.23 Å². The first-order valence-electron chi connectivity index (χ1n) is 14.9. The molecule has 3 aromatic carbocycles. The van der Waals surface area contributed by atoms with Gasteiger partial charge in [0.2, 0.25) is 0 Å². The molecule has 5 rings (SSSR count). The Morgan fingerprint density at radius 1 is 0.763 bits per heavy atom. The summed E-state index contributed by atoms with van der Waals surface area (Å²) in [6, 6.07) is 20.0. The summed E-state index contributed by atoms with van der Waals surface area (Å²) in [4.78, 5) is 0. The van der Waals surface area contributed by atoms with Gasteiger partial charge in [-0.2, -0.15) is 0 Å². The summed E-state index contributed by atoms with van der Waals surface area (Å²) >= 11 is 0. The van der Waals surface area contributed by atoms with Crippen LogP contribution in [-0.2, 0) is 6.61 Å². The van der Waals surface area contributed by atoms with Crippen LogP contribution in [0.2, 0.25) is 0 Å². The molecule has 0 spiro atoms. The Bertz CT molecular complexity index is 1170. The fourth-order valence-electron chi connectivity index (χ4n) is 6.95. The maximum atomic E-state index is 15.3. The van der Waals surface area contributed by atoms with Crippen LogP contribution in [-0.4, -0.2) is 0 Å². The highest BCUT2D eigenvalue weighted by Crippen LogP contribution is 2.48. The highest BCUT2D eigenvalue weighted by Gasteiger charge is 2.36. The van der Waals surface area contributed by atoms with Crippen molar-refractivity contribution in [3.63, 3.8) is 0 Å². The summed E-state index contributed by atoms with van der Waals surface area (Å²) in [6.45, 7) is 2.58. The van der Waals surface area contributed by atoms with Gasteiger partial charge < -0.3 is 4.74 Å². The Hall–Kier alpha value is -2.68. The van der Waals surface area contributed by atoms with Gasteiger partial charge in [-0.25, -0.2) is 8.78 Å². The van der Waals surface area contributed by atoms with Crippen molar-refractivity contribution in [2.75, 3.05) is 0 Å². The van der Waals surface area contributed by atoms with E-state index in [4.69, 9.17) is 4.74 Å². The van der Waals surface area contributed by atoms with Gasteiger partial charge in [0.05, 0.1) is 0 Å². The van der Waals surface area contributed by atoms with E-state index in [2.05, 4.69) is 13.0 Å². The number of fused-ring (bicyclic) bond motifs is 1. The number of hydrogen-bond acceptors (Lipinski definition) is 1. The van der Waals surface area contributed by atoms with Crippen molar-refractivity contribution in [1.82, 2.24) is 0 Å². The Labute approximate surface area is 227 Å². The molecular formula is C35H42F2O. The number of rotatable bonds is 10. The summed E-state index contributed by atoms with van der Waals surface area (Å²) < 4.78 is 35.7. The van der Waals surface area contributed by atoms with Crippen LogP contribution in [0.1, 0.15) is 94.6 Å². The molecule has 0 heterocycles. The first kappa shape index (κ1) is 26.9. The molecule has 38 heavy (non-hydrogen) atoms. The lowest BCUT2D eigenvalue weighted by Gasteiger charge is -2.42. The van der Waals surface area contributed by atoms with Crippen molar-refractivity contribution in [3.8, 4) is 16.9 Å². The van der Waals surface area contributed by atoms with Crippen LogP contribution in [0.5, 0.6) is 5.75 Å². The SMILES string of the molecule is CCCCCCC1CCC2CC(c3ccc(-c4ccc(OCc5ccccc5)c(F)c4)c(F)c3)CCC2C1. The zero-order valence-corrected chi connectivity index (χ0v) is 22.8. The monoisotopic (exact) mass is 516 g/mol. The van der Waals surface area contributed by atoms with E-state index in [-0.39, 0.29) is 11.6 Å². The van der Waals surface area contributed by atoms with Crippen LogP contribution in [0.4, 0.5) is 8.78 Å². The van der Waals surface area contributed by atoms with Gasteiger partial charge in [-0.05, 0) is 90.7 Å². The zero-order valence-electron chi connectivity index (χ0n) is 22.8. The molecule has 3 heteroatoms. The van der Waals surface area contributed by atoms with Gasteiger partial charge in [-0.1, -0.05) is 94.0 Å². The summed E-state index contributed by atoms with van der Waals surface area (Å²) in [7, 11) is 0. The van der Waals surface area contributed by atoms with Crippen LogP contribution in [0.25, 0.3) is 11.1 Å². The van der Waals surface area contributed by atoms with Gasteiger partial charge in [0.25, 0.3) is 0 Å². The van der Waals surface area contributed by atoms with Crippen LogP contribution >= 0.6 is 0 Å². The molecule has 0 aliphatic heterocycles. The molecule has 4 atom stereocenters. The third kappa shape index (κ3) is 6.65. The quantitative estimate of drug-likeness (QED) is 0.244. The Balaban J connectivity index is 1.18. The molecule has 2 saturated carbocycles. The molecule has 2 aliphatic carbocycles. The molecule has 2 fully saturated rings. The fraction of sp³-hybridized carbons (Fsp3) is 0.486. The van der Waals surface area contributed by atoms with Crippen molar-refractivity contribution >= 4 is 0 Å². The number of benzene rings is 3. The van der Waals surface area contributed by atoms with E-state index in [1.54, 1.807) is 18.2 Å². The smallest absolute Gasteiger partial charge is 0.165 e. The molecule has 0 aromatic heterocycles. The number of unbranched alkanes of at least 4 members (excludes halogenated alkanes) is 3. The zero-order chi connectivity index (χ0) is 26.3. The number of hydrogen-bond donors (Lipinski definition) is 0. The molecule has 0 bridgehead atoms. The maximum absolute atomic E-state index is 15.3. The molecule has 3 aromatic rings. The highest BCUT2D eigenvalue weighted by molar-refractivity contribution is 5.65. The largest absolute Gasteiger partial charge is 0.486 e. The normalized spacial score (nSPS) is 23.1. The van der Waals surface area contributed by atoms with Gasteiger partial charge in [-0.3, -0.25) is 0 Å². The summed E-state index contributed by atoms with van der Waals surface area (Å²) in [5, 5.41) is 0. The van der Waals surface area contributed by atoms with Crippen LogP contribution in [0.3, 0.4) is 0 Å². The predicted octanol–water partition coefficient (Wildman–Crippen LogP) is 10.5. The Morgan fingerprint density at radius 3 is 2.37 bits per heavy atom. The average Bonchev–Trinajstić information content (AvgIpc) is 2.95. The molecule has 202 valence electrons. The lowest BCUT2D eigenvalue weighted by molar-refractivity contribution is 0.113. The van der Waals surface area contributed by atoms with E-state index in [0.29, 0.717) is 23.7 Å². The van der Waals surface area contributed by atoms with Crippen LogP contribution in [0.15, 0.2) is 66.7 Å². The number of halogens is 2. The first-order valence-corrected chi connectivity index (χ1v) is 14.9. The summed E-state index contributed by atoms with van der Waals surface area (Å²) in [5.41, 5.74) is 3.07. The maximum Gasteiger partial charge on any atom is 0.165 e. The summed E-state index contributed by atoms with van der Waals surface area (Å²) in [5.74, 6) is 2.47. The van der Waals surface area contributed by atoms with Crippen molar-refractivity contribution in [2.24, 2.45) is 17.8 Å². The van der Waals surface area contributed by atoms with Crippen molar-refractivity contribution in [2.45, 2.75) is 90.1 Å². The van der Waals surface area contributed by atoms with E-state index >= 15 is 4.39 Å². The fourth-order valence-corrected chi connectivity index (χ4v) is 6.95. The standard InChI is InChI=1S/C35H42F2O/c1-2-3-4-6-9-25-12-13-28-21-29(15-14-27(28)20-25)30-16-18-32(33(36)22-30)31-17-19-35(34(37)23-31)38-24-26-10-7-5-8-11-26/h5,7-8,10-11,16-19,22-23,25,27-29H,2-4,6,9,12-15,20-21,24H2,1H3. The van der Waals surface area contributed by atoms with Crippen LogP contribution in [0, 0.1) is 29.4 Å². The lowest BCUT2D eigenvalue weighted by atomic mass is 9.63. The predicted molar refractivity (Wildman–Crippen MR) is 152 cm³/mol. The van der Waals surface area contributed by atoms with Crippen molar-refractivity contribution in [1.29, 1.82) is 0 Å². The third-order valence-electron chi connectivity index (χ3n) is 9.13. The first-order chi connectivity index (χ1) is 18.6. The molecular weight excluding hydrogens is 474 g/mol. The highest BCUT2D eigenvalue weighted by atomic mass is 19.1. The van der Waals surface area contributed by atoms with E-state index in [0.717, 1.165) is 35.3 Å². The minimum Gasteiger partial charge on any atom is -0.486 e. The molecule has 0 saturated heterocycles. The third-order valence-corrected chi connectivity index (χ3v) is 9.13. The molecule has 0 amide bonds. The van der Waals surface area contributed by atoms with Gasteiger partial charge in [0.15, 0.2) is 11.6 Å². The molecule has 0 radical (unpaired) electrons. The van der Waals surface area contributed by atoms with Gasteiger partial charge in [0.1, 0.15) is 12.4 Å². The second-order valence-corrected chi connectivity index (χ2v) is 11.7. The van der Waals surface area contributed by atoms with E-state index in [9.17, 15) is 4.39 Å². The molecule has 1 nitrogen and oxygen atoms in total. The summed E-state index contributed by atoms with van der Waals surface area (Å²) in [6.07, 6.45) is 14.7. The van der Waals surface area contributed by atoms with Gasteiger partial charge in [0, 0.05) is 5.56 Å². The molecule has 2 aliphatic rings. The lowest BCUT2D eigenvalue weighted by Crippen LogP contribution is -2.30. The van der Waals surface area contributed by atoms with Crippen LogP contribution < -0.4 is 4.74 Å². The molecule has 0 N–H and O–H groups in total. The molecule has 4 unspecified atom stereocenters. The van der Waals surface area contributed by atoms with E-state index in [1.165, 1.54) is 70.3 Å². The number of ether oxygens (including phenoxy) is 1. The van der Waals surface area contributed by atoms with E-state index < -0.39 is 5.82 Å². The Kier molecular flexibility index (Phi) is 9.14. The van der Waals surface area contributed by atoms with Crippen molar-refractivity contribution in [3.05, 3.63) is 89.5 Å². The van der Waals surface area contributed by atoms with Crippen molar-refractivity contribution < 1.29 is 13.5 Å². The minimum atomic E-state index is -0.471. The van der Waals surface area contributed by atoms with Gasteiger partial charge in [-0.15, -0.1) is 0 Å². The second kappa shape index (κ2) is 12.9. The van der Waals surface area contributed by atoms with Gasteiger partial charge >= 0.3 is 0 Å². The minimum absolute atomic E-state index is 0.182. The average molecular weight is 517 g/mol.